The Balaban J connectivity index is 0.00000364. The van der Waals surface area contributed by atoms with Crippen molar-refractivity contribution in [1.29, 1.82) is 0 Å². The maximum atomic E-state index is 13.3. The van der Waals surface area contributed by atoms with Crippen LogP contribution in [0, 0.1) is 5.82 Å². The number of anilines is 2. The number of carbonyl (C=O) groups excluding carboxylic acids is 2. The highest BCUT2D eigenvalue weighted by Gasteiger charge is 2.12. The van der Waals surface area contributed by atoms with Crippen molar-refractivity contribution in [2.24, 2.45) is 5.73 Å². The lowest BCUT2D eigenvalue weighted by molar-refractivity contribution is -0.116. The van der Waals surface area contributed by atoms with E-state index in [1.807, 2.05) is 6.92 Å². The molecule has 0 heterocycles. The third-order valence-corrected chi connectivity index (χ3v) is 3.64. The van der Waals surface area contributed by atoms with Crippen molar-refractivity contribution >= 4 is 35.6 Å². The van der Waals surface area contributed by atoms with Crippen LogP contribution in [-0.2, 0) is 4.79 Å². The van der Waals surface area contributed by atoms with Gasteiger partial charge in [0.05, 0.1) is 12.8 Å². The average Bonchev–Trinajstić information content (AvgIpc) is 2.60. The Labute approximate surface area is 163 Å². The molecule has 1 atom stereocenters. The highest BCUT2D eigenvalue weighted by Crippen LogP contribution is 2.28. The number of nitrogens with two attached hydrogens (primary N) is 1. The lowest BCUT2D eigenvalue weighted by atomic mass is 10.1. The molecule has 0 aromatic heterocycles. The second-order valence-electron chi connectivity index (χ2n) is 5.94. The number of hydrogen-bond donors (Lipinski definition) is 3. The average molecular weight is 396 g/mol. The van der Waals surface area contributed by atoms with Gasteiger partial charge in [0.1, 0.15) is 11.6 Å². The molecule has 2 aromatic rings. The van der Waals surface area contributed by atoms with Gasteiger partial charge in [0.25, 0.3) is 5.91 Å². The minimum Gasteiger partial charge on any atom is -0.495 e. The Morgan fingerprint density at radius 3 is 2.56 bits per heavy atom. The number of methoxy groups -OCH3 is 1. The lowest BCUT2D eigenvalue weighted by Crippen LogP contribution is -2.19. The van der Waals surface area contributed by atoms with E-state index >= 15 is 0 Å². The highest BCUT2D eigenvalue weighted by atomic mass is 35.5. The SMILES string of the molecule is COc1ccc(NC(=O)CCC(C)N)cc1NC(=O)c1cccc(F)c1.Cl. The van der Waals surface area contributed by atoms with Gasteiger partial charge in [-0.25, -0.2) is 4.39 Å². The molecule has 0 aliphatic rings. The molecule has 1 unspecified atom stereocenters. The van der Waals surface area contributed by atoms with Crippen LogP contribution < -0.4 is 21.1 Å². The largest absolute Gasteiger partial charge is 0.495 e. The number of carbonyl (C=O) groups is 2. The smallest absolute Gasteiger partial charge is 0.255 e. The van der Waals surface area contributed by atoms with Gasteiger partial charge in [0.2, 0.25) is 5.91 Å². The Morgan fingerprint density at radius 1 is 1.19 bits per heavy atom. The van der Waals surface area contributed by atoms with Gasteiger partial charge in [0, 0.05) is 23.7 Å². The number of ether oxygens (including phenoxy) is 1. The quantitative estimate of drug-likeness (QED) is 0.668. The third-order valence-electron chi connectivity index (χ3n) is 3.64. The molecule has 0 bridgehead atoms. The predicted octanol–water partition coefficient (Wildman–Crippen LogP) is 3.57. The van der Waals surface area contributed by atoms with Gasteiger partial charge in [-0.2, -0.15) is 0 Å². The van der Waals surface area contributed by atoms with Gasteiger partial charge >= 0.3 is 0 Å². The van der Waals surface area contributed by atoms with E-state index in [-0.39, 0.29) is 29.9 Å². The van der Waals surface area contributed by atoms with Gasteiger partial charge in [-0.05, 0) is 49.7 Å². The minimum absolute atomic E-state index is 0. The predicted molar refractivity (Wildman–Crippen MR) is 106 cm³/mol. The van der Waals surface area contributed by atoms with E-state index in [9.17, 15) is 14.0 Å². The maximum absolute atomic E-state index is 13.3. The fraction of sp³-hybridized carbons (Fsp3) is 0.263. The Bertz CT molecular complexity index is 800. The molecule has 2 amide bonds. The van der Waals surface area contributed by atoms with Crippen LogP contribution in [0.15, 0.2) is 42.5 Å². The van der Waals surface area contributed by atoms with Crippen LogP contribution in [0.4, 0.5) is 15.8 Å². The van der Waals surface area contributed by atoms with Crippen molar-refractivity contribution in [3.63, 3.8) is 0 Å². The van der Waals surface area contributed by atoms with Gasteiger partial charge in [-0.3, -0.25) is 9.59 Å². The van der Waals surface area contributed by atoms with Crippen LogP contribution in [0.1, 0.15) is 30.1 Å². The zero-order valence-corrected chi connectivity index (χ0v) is 15.9. The normalized spacial score (nSPS) is 11.1. The zero-order chi connectivity index (χ0) is 19.1. The molecule has 8 heteroatoms. The number of rotatable bonds is 7. The van der Waals surface area contributed by atoms with Crippen LogP contribution in [0.3, 0.4) is 0 Å². The van der Waals surface area contributed by atoms with Crippen molar-refractivity contribution in [3.8, 4) is 5.75 Å². The standard InChI is InChI=1S/C19H22FN3O3.ClH/c1-12(21)6-9-18(24)22-15-7-8-17(26-2)16(11-15)23-19(25)13-4-3-5-14(20)10-13;/h3-5,7-8,10-12H,6,9,21H2,1-2H3,(H,22,24)(H,23,25);1H. The molecule has 0 radical (unpaired) electrons. The molecule has 27 heavy (non-hydrogen) atoms. The highest BCUT2D eigenvalue weighted by molar-refractivity contribution is 6.05. The van der Waals surface area contributed by atoms with Gasteiger partial charge in [0.15, 0.2) is 0 Å². The second-order valence-corrected chi connectivity index (χ2v) is 5.94. The maximum Gasteiger partial charge on any atom is 0.255 e. The molecule has 0 saturated carbocycles. The van der Waals surface area contributed by atoms with Crippen molar-refractivity contribution in [1.82, 2.24) is 0 Å². The summed E-state index contributed by atoms with van der Waals surface area (Å²) in [6, 6.07) is 10.2. The van der Waals surface area contributed by atoms with Gasteiger partial charge < -0.3 is 21.1 Å². The van der Waals surface area contributed by atoms with Crippen LogP contribution in [-0.4, -0.2) is 25.0 Å². The molecule has 2 rings (SSSR count). The summed E-state index contributed by atoms with van der Waals surface area (Å²) in [5.74, 6) is -0.735. The first-order chi connectivity index (χ1) is 12.4. The number of halogens is 2. The van der Waals surface area contributed by atoms with E-state index < -0.39 is 11.7 Å². The van der Waals surface area contributed by atoms with Crippen molar-refractivity contribution < 1.29 is 18.7 Å². The summed E-state index contributed by atoms with van der Waals surface area (Å²) in [4.78, 5) is 24.2. The number of hydrogen-bond acceptors (Lipinski definition) is 4. The monoisotopic (exact) mass is 395 g/mol. The number of benzene rings is 2. The Hall–Kier alpha value is -2.64. The molecule has 6 nitrogen and oxygen atoms in total. The number of nitrogens with one attached hydrogen (secondary N) is 2. The summed E-state index contributed by atoms with van der Waals surface area (Å²) in [6.07, 6.45) is 0.875. The van der Waals surface area contributed by atoms with E-state index in [2.05, 4.69) is 10.6 Å². The van der Waals surface area contributed by atoms with Gasteiger partial charge in [-0.1, -0.05) is 6.07 Å². The minimum atomic E-state index is -0.500. The number of amides is 2. The molecule has 4 N–H and O–H groups in total. The van der Waals surface area contributed by atoms with Gasteiger partial charge in [-0.15, -0.1) is 12.4 Å². The summed E-state index contributed by atoms with van der Waals surface area (Å²) >= 11 is 0. The van der Waals surface area contributed by atoms with Crippen LogP contribution >= 0.6 is 12.4 Å². The topological polar surface area (TPSA) is 93.4 Å². The third kappa shape index (κ3) is 6.88. The van der Waals surface area contributed by atoms with Crippen molar-refractivity contribution in [3.05, 3.63) is 53.8 Å². The first-order valence-electron chi connectivity index (χ1n) is 8.19. The molecule has 0 aliphatic heterocycles. The molecular formula is C19H23ClFN3O3. The summed E-state index contributed by atoms with van der Waals surface area (Å²) in [5.41, 5.74) is 6.70. The molecule has 0 aliphatic carbocycles. The van der Waals surface area contributed by atoms with Crippen LogP contribution in [0.5, 0.6) is 5.75 Å². The van der Waals surface area contributed by atoms with E-state index in [0.717, 1.165) is 6.07 Å². The van der Waals surface area contributed by atoms with E-state index in [4.69, 9.17) is 10.5 Å². The van der Waals surface area contributed by atoms with Crippen LogP contribution in [0.2, 0.25) is 0 Å². The molecule has 146 valence electrons. The van der Waals surface area contributed by atoms with Crippen molar-refractivity contribution in [2.45, 2.75) is 25.8 Å². The fourth-order valence-electron chi connectivity index (χ4n) is 2.29. The van der Waals surface area contributed by atoms with E-state index in [1.165, 1.54) is 25.3 Å². The summed E-state index contributed by atoms with van der Waals surface area (Å²) in [5, 5.41) is 5.42. The molecule has 2 aromatic carbocycles. The second kappa shape index (κ2) is 10.5. The van der Waals surface area contributed by atoms with E-state index in [0.29, 0.717) is 30.0 Å². The summed E-state index contributed by atoms with van der Waals surface area (Å²) in [7, 11) is 1.47. The molecule has 0 spiro atoms. The lowest BCUT2D eigenvalue weighted by Gasteiger charge is -2.13. The summed E-state index contributed by atoms with van der Waals surface area (Å²) in [6.45, 7) is 1.83. The van der Waals surface area contributed by atoms with Crippen LogP contribution in [0.25, 0.3) is 0 Å². The molecule has 0 saturated heterocycles. The van der Waals surface area contributed by atoms with E-state index in [1.54, 1.807) is 18.2 Å². The Morgan fingerprint density at radius 2 is 1.93 bits per heavy atom. The molecular weight excluding hydrogens is 373 g/mol. The first-order valence-corrected chi connectivity index (χ1v) is 8.19. The molecule has 0 fully saturated rings. The summed E-state index contributed by atoms with van der Waals surface area (Å²) < 4.78 is 18.5. The fourth-order valence-corrected chi connectivity index (χ4v) is 2.29. The zero-order valence-electron chi connectivity index (χ0n) is 15.1. The van der Waals surface area contributed by atoms with Crippen molar-refractivity contribution in [2.75, 3.05) is 17.7 Å². The first kappa shape index (κ1) is 22.4. The Kier molecular flexibility index (Phi) is 8.71.